The van der Waals surface area contributed by atoms with Gasteiger partial charge in [-0.25, -0.2) is 4.79 Å². The number of primary amides is 1. The van der Waals surface area contributed by atoms with E-state index in [0.29, 0.717) is 16.3 Å². The Morgan fingerprint density at radius 3 is 2.50 bits per heavy atom. The normalized spacial score (nSPS) is 10.3. The Bertz CT molecular complexity index is 714. The van der Waals surface area contributed by atoms with Crippen molar-refractivity contribution in [3.8, 4) is 11.3 Å². The molecule has 0 saturated carbocycles. The van der Waals surface area contributed by atoms with Crippen molar-refractivity contribution in [2.24, 2.45) is 5.73 Å². The van der Waals surface area contributed by atoms with Crippen molar-refractivity contribution in [2.75, 3.05) is 0 Å². The molecule has 20 heavy (non-hydrogen) atoms. The molecule has 102 valence electrons. The van der Waals surface area contributed by atoms with Gasteiger partial charge >= 0.3 is 5.97 Å². The molecule has 0 unspecified atom stereocenters. The fraction of sp³-hybridized carbons (Fsp3) is 0.0714. The molecular formula is C14H11ClN2O3. The summed E-state index contributed by atoms with van der Waals surface area (Å²) in [6.45, 7) is 1.65. The molecule has 2 aromatic rings. The van der Waals surface area contributed by atoms with Crippen molar-refractivity contribution >= 4 is 23.5 Å². The zero-order valence-corrected chi connectivity index (χ0v) is 11.3. The molecule has 0 aliphatic rings. The van der Waals surface area contributed by atoms with Crippen LogP contribution in [0.25, 0.3) is 11.3 Å². The first kappa shape index (κ1) is 14.0. The summed E-state index contributed by atoms with van der Waals surface area (Å²) in [7, 11) is 0. The van der Waals surface area contributed by atoms with Gasteiger partial charge in [-0.3, -0.25) is 9.78 Å². The van der Waals surface area contributed by atoms with Crippen LogP contribution in [0.5, 0.6) is 0 Å². The van der Waals surface area contributed by atoms with Gasteiger partial charge in [-0.2, -0.15) is 0 Å². The van der Waals surface area contributed by atoms with Crippen LogP contribution in [0.15, 0.2) is 30.3 Å². The predicted molar refractivity (Wildman–Crippen MR) is 74.9 cm³/mol. The lowest BCUT2D eigenvalue weighted by Gasteiger charge is -2.11. The topological polar surface area (TPSA) is 93.3 Å². The lowest BCUT2D eigenvalue weighted by atomic mass is 9.99. The Morgan fingerprint density at radius 2 is 1.95 bits per heavy atom. The summed E-state index contributed by atoms with van der Waals surface area (Å²) in [5.74, 6) is -2.09. The molecule has 0 spiro atoms. The zero-order chi connectivity index (χ0) is 14.9. The van der Waals surface area contributed by atoms with Gasteiger partial charge in [0.15, 0.2) is 0 Å². The van der Waals surface area contributed by atoms with Gasteiger partial charge in [0.1, 0.15) is 0 Å². The molecular weight excluding hydrogens is 280 g/mol. The van der Waals surface area contributed by atoms with E-state index in [2.05, 4.69) is 4.98 Å². The summed E-state index contributed by atoms with van der Waals surface area (Å²) in [6.07, 6.45) is 0. The van der Waals surface area contributed by atoms with Gasteiger partial charge in [0, 0.05) is 16.3 Å². The molecule has 0 fully saturated rings. The Morgan fingerprint density at radius 1 is 1.30 bits per heavy atom. The third kappa shape index (κ3) is 2.48. The van der Waals surface area contributed by atoms with Crippen molar-refractivity contribution in [2.45, 2.75) is 6.92 Å². The number of benzene rings is 1. The Balaban J connectivity index is 2.85. The van der Waals surface area contributed by atoms with E-state index in [1.807, 2.05) is 0 Å². The molecule has 5 nitrogen and oxygen atoms in total. The summed E-state index contributed by atoms with van der Waals surface area (Å²) in [6, 6.07) is 8.04. The van der Waals surface area contributed by atoms with E-state index in [1.165, 1.54) is 6.07 Å². The molecule has 0 saturated heterocycles. The van der Waals surface area contributed by atoms with Crippen LogP contribution in [0.1, 0.15) is 26.4 Å². The number of rotatable bonds is 3. The first-order valence-corrected chi connectivity index (χ1v) is 6.09. The summed E-state index contributed by atoms with van der Waals surface area (Å²) < 4.78 is 0. The SMILES string of the molecule is Cc1cc(C(N)=O)c(C(=O)O)c(-c2ccccc2Cl)n1. The molecule has 1 amide bonds. The second-order valence-corrected chi connectivity index (χ2v) is 4.59. The monoisotopic (exact) mass is 290 g/mol. The first-order chi connectivity index (χ1) is 9.41. The summed E-state index contributed by atoms with van der Waals surface area (Å²) in [5.41, 5.74) is 5.98. The summed E-state index contributed by atoms with van der Waals surface area (Å²) in [5, 5.41) is 9.70. The van der Waals surface area contributed by atoms with Crippen LogP contribution in [0.2, 0.25) is 5.02 Å². The van der Waals surface area contributed by atoms with Crippen molar-refractivity contribution in [1.82, 2.24) is 4.98 Å². The number of carbonyl (C=O) groups is 2. The van der Waals surface area contributed by atoms with Gasteiger partial charge in [-0.1, -0.05) is 29.8 Å². The highest BCUT2D eigenvalue weighted by molar-refractivity contribution is 6.33. The van der Waals surface area contributed by atoms with Gasteiger partial charge in [0.25, 0.3) is 0 Å². The number of pyridine rings is 1. The van der Waals surface area contributed by atoms with E-state index in [4.69, 9.17) is 17.3 Å². The number of amides is 1. The number of carbonyl (C=O) groups excluding carboxylic acids is 1. The number of carboxylic acid groups (broad SMARTS) is 1. The minimum atomic E-state index is -1.28. The molecule has 1 heterocycles. The standard InChI is InChI=1S/C14H11ClN2O3/c1-7-6-9(13(16)18)11(14(19)20)12(17-7)8-4-2-3-5-10(8)15/h2-6H,1H3,(H2,16,18)(H,19,20). The van der Waals surface area contributed by atoms with Crippen molar-refractivity contribution in [3.05, 3.63) is 52.2 Å². The molecule has 6 heteroatoms. The number of carboxylic acids is 1. The van der Waals surface area contributed by atoms with E-state index in [9.17, 15) is 14.7 Å². The Kier molecular flexibility index (Phi) is 3.72. The van der Waals surface area contributed by atoms with Crippen molar-refractivity contribution < 1.29 is 14.7 Å². The second kappa shape index (κ2) is 5.30. The highest BCUT2D eigenvalue weighted by Crippen LogP contribution is 2.30. The van der Waals surface area contributed by atoms with E-state index in [-0.39, 0.29) is 16.8 Å². The average molecular weight is 291 g/mol. The number of aromatic nitrogens is 1. The number of halogens is 1. The predicted octanol–water partition coefficient (Wildman–Crippen LogP) is 2.51. The van der Waals surface area contributed by atoms with Gasteiger partial charge < -0.3 is 10.8 Å². The molecule has 2 rings (SSSR count). The molecule has 0 aliphatic carbocycles. The maximum atomic E-state index is 11.5. The van der Waals surface area contributed by atoms with Crippen LogP contribution < -0.4 is 5.73 Å². The highest BCUT2D eigenvalue weighted by atomic mass is 35.5. The van der Waals surface area contributed by atoms with Crippen LogP contribution in [0.3, 0.4) is 0 Å². The number of hydrogen-bond acceptors (Lipinski definition) is 3. The van der Waals surface area contributed by atoms with Crippen LogP contribution in [0, 0.1) is 6.92 Å². The van der Waals surface area contributed by atoms with E-state index >= 15 is 0 Å². The fourth-order valence-corrected chi connectivity index (χ4v) is 2.16. The largest absolute Gasteiger partial charge is 0.478 e. The molecule has 0 radical (unpaired) electrons. The number of nitrogens with zero attached hydrogens (tertiary/aromatic N) is 1. The number of aromatic carboxylic acids is 1. The van der Waals surface area contributed by atoms with E-state index < -0.39 is 11.9 Å². The van der Waals surface area contributed by atoms with Gasteiger partial charge in [0.05, 0.1) is 16.8 Å². The molecule has 1 aromatic carbocycles. The zero-order valence-electron chi connectivity index (χ0n) is 10.6. The number of nitrogens with two attached hydrogens (primary N) is 1. The van der Waals surface area contributed by atoms with E-state index in [0.717, 1.165) is 0 Å². The lowest BCUT2D eigenvalue weighted by Crippen LogP contribution is -2.18. The first-order valence-electron chi connectivity index (χ1n) is 5.71. The summed E-state index contributed by atoms with van der Waals surface area (Å²) in [4.78, 5) is 27.1. The summed E-state index contributed by atoms with van der Waals surface area (Å²) >= 11 is 6.07. The number of aryl methyl sites for hydroxylation is 1. The fourth-order valence-electron chi connectivity index (χ4n) is 1.93. The average Bonchev–Trinajstić information content (AvgIpc) is 2.37. The minimum absolute atomic E-state index is 0.0834. The Hall–Kier alpha value is -2.40. The van der Waals surface area contributed by atoms with Crippen molar-refractivity contribution in [1.29, 1.82) is 0 Å². The van der Waals surface area contributed by atoms with Crippen LogP contribution in [-0.4, -0.2) is 22.0 Å². The molecule has 3 N–H and O–H groups in total. The third-order valence-electron chi connectivity index (χ3n) is 2.76. The lowest BCUT2D eigenvalue weighted by molar-refractivity contribution is 0.0692. The van der Waals surface area contributed by atoms with E-state index in [1.54, 1.807) is 31.2 Å². The highest BCUT2D eigenvalue weighted by Gasteiger charge is 2.23. The van der Waals surface area contributed by atoms with Crippen LogP contribution in [-0.2, 0) is 0 Å². The van der Waals surface area contributed by atoms with Crippen LogP contribution >= 0.6 is 11.6 Å². The number of hydrogen-bond donors (Lipinski definition) is 2. The smallest absolute Gasteiger partial charge is 0.338 e. The molecule has 0 atom stereocenters. The molecule has 0 aliphatic heterocycles. The van der Waals surface area contributed by atoms with Gasteiger partial charge in [-0.15, -0.1) is 0 Å². The van der Waals surface area contributed by atoms with Gasteiger partial charge in [-0.05, 0) is 19.1 Å². The van der Waals surface area contributed by atoms with Gasteiger partial charge in [0.2, 0.25) is 5.91 Å². The van der Waals surface area contributed by atoms with Crippen LogP contribution in [0.4, 0.5) is 0 Å². The maximum absolute atomic E-state index is 11.5. The molecule has 0 bridgehead atoms. The third-order valence-corrected chi connectivity index (χ3v) is 3.09. The van der Waals surface area contributed by atoms with Crippen molar-refractivity contribution in [3.63, 3.8) is 0 Å². The maximum Gasteiger partial charge on any atom is 0.338 e. The quantitative estimate of drug-likeness (QED) is 0.908. The second-order valence-electron chi connectivity index (χ2n) is 4.18. The Labute approximate surface area is 120 Å². The minimum Gasteiger partial charge on any atom is -0.478 e. The molecule has 1 aromatic heterocycles.